The van der Waals surface area contributed by atoms with E-state index in [0.29, 0.717) is 19.1 Å². The average molecular weight is 328 g/mol. The maximum absolute atomic E-state index is 13.1. The highest BCUT2D eigenvalue weighted by Crippen LogP contribution is 2.43. The number of amides is 2. The molecular formula is C16H19F3N2O2. The van der Waals surface area contributed by atoms with Crippen molar-refractivity contribution in [2.24, 2.45) is 5.92 Å². The van der Waals surface area contributed by atoms with E-state index < -0.39 is 23.5 Å². The lowest BCUT2D eigenvalue weighted by molar-refractivity contribution is -0.142. The van der Waals surface area contributed by atoms with Gasteiger partial charge in [0.05, 0.1) is 5.60 Å². The van der Waals surface area contributed by atoms with Gasteiger partial charge in [0.25, 0.3) is 0 Å². The minimum Gasteiger partial charge on any atom is -0.375 e. The van der Waals surface area contributed by atoms with E-state index in [2.05, 4.69) is 10.6 Å². The molecule has 1 unspecified atom stereocenters. The van der Waals surface area contributed by atoms with E-state index in [0.717, 1.165) is 37.8 Å². The van der Waals surface area contributed by atoms with Crippen LogP contribution in [-0.2, 0) is 4.74 Å². The molecule has 126 valence electrons. The fourth-order valence-corrected chi connectivity index (χ4v) is 3.26. The Bertz CT molecular complexity index is 582. The molecule has 4 nitrogen and oxygen atoms in total. The largest absolute Gasteiger partial charge is 0.375 e. The van der Waals surface area contributed by atoms with E-state index in [4.69, 9.17) is 4.74 Å². The second-order valence-corrected chi connectivity index (χ2v) is 6.33. The minimum absolute atomic E-state index is 0.00425. The van der Waals surface area contributed by atoms with Crippen LogP contribution in [0, 0.1) is 23.4 Å². The summed E-state index contributed by atoms with van der Waals surface area (Å²) in [6.45, 7) is 1.17. The predicted octanol–water partition coefficient (Wildman–Crippen LogP) is 3.57. The molecule has 1 saturated heterocycles. The van der Waals surface area contributed by atoms with Gasteiger partial charge in [0.2, 0.25) is 0 Å². The normalized spacial score (nSPS) is 22.5. The van der Waals surface area contributed by atoms with Gasteiger partial charge in [0, 0.05) is 31.0 Å². The smallest absolute Gasteiger partial charge is 0.319 e. The van der Waals surface area contributed by atoms with E-state index in [1.807, 2.05) is 0 Å². The van der Waals surface area contributed by atoms with Gasteiger partial charge in [-0.05, 0) is 38.0 Å². The van der Waals surface area contributed by atoms with Crippen LogP contribution in [0.3, 0.4) is 0 Å². The van der Waals surface area contributed by atoms with Crippen LogP contribution in [0.2, 0.25) is 0 Å². The predicted molar refractivity (Wildman–Crippen MR) is 78.6 cm³/mol. The van der Waals surface area contributed by atoms with Crippen molar-refractivity contribution in [2.45, 2.75) is 37.7 Å². The number of nitrogens with one attached hydrogen (secondary N) is 2. The maximum Gasteiger partial charge on any atom is 0.319 e. The molecule has 1 saturated carbocycles. The van der Waals surface area contributed by atoms with Crippen molar-refractivity contribution in [3.63, 3.8) is 0 Å². The number of urea groups is 1. The summed E-state index contributed by atoms with van der Waals surface area (Å²) in [5, 5.41) is 5.01. The van der Waals surface area contributed by atoms with Crippen molar-refractivity contribution in [1.29, 1.82) is 0 Å². The molecule has 0 bridgehead atoms. The highest BCUT2D eigenvalue weighted by molar-refractivity contribution is 5.89. The molecule has 1 aromatic rings. The van der Waals surface area contributed by atoms with Gasteiger partial charge >= 0.3 is 6.03 Å². The van der Waals surface area contributed by atoms with E-state index in [-0.39, 0.29) is 11.3 Å². The van der Waals surface area contributed by atoms with Crippen molar-refractivity contribution in [2.75, 3.05) is 18.5 Å². The third kappa shape index (κ3) is 3.60. The van der Waals surface area contributed by atoms with E-state index in [9.17, 15) is 18.0 Å². The third-order valence-corrected chi connectivity index (χ3v) is 4.65. The van der Waals surface area contributed by atoms with Crippen LogP contribution >= 0.6 is 0 Å². The molecule has 0 radical (unpaired) electrons. The topological polar surface area (TPSA) is 50.4 Å². The summed E-state index contributed by atoms with van der Waals surface area (Å²) in [6.07, 6.45) is 5.13. The SMILES string of the molecule is O=C(NCC1CCOC2(CCC2)C1)Nc1cc(F)c(F)c(F)c1. The summed E-state index contributed by atoms with van der Waals surface area (Å²) in [5.41, 5.74) is -0.120. The van der Waals surface area contributed by atoms with Crippen molar-refractivity contribution in [3.05, 3.63) is 29.6 Å². The summed E-state index contributed by atoms with van der Waals surface area (Å²) >= 11 is 0. The van der Waals surface area contributed by atoms with E-state index in [1.54, 1.807) is 0 Å². The van der Waals surface area contributed by atoms with E-state index >= 15 is 0 Å². The fourth-order valence-electron chi connectivity index (χ4n) is 3.26. The first kappa shape index (κ1) is 16.1. The lowest BCUT2D eigenvalue weighted by Gasteiger charge is -2.47. The fraction of sp³-hybridized carbons (Fsp3) is 0.562. The zero-order valence-electron chi connectivity index (χ0n) is 12.6. The van der Waals surface area contributed by atoms with Crippen LogP contribution in [0.4, 0.5) is 23.7 Å². The minimum atomic E-state index is -1.55. The monoisotopic (exact) mass is 328 g/mol. The van der Waals surface area contributed by atoms with Gasteiger partial charge in [-0.1, -0.05) is 0 Å². The lowest BCUT2D eigenvalue weighted by Crippen LogP contribution is -2.47. The number of benzene rings is 1. The van der Waals surface area contributed by atoms with Gasteiger partial charge in [0.1, 0.15) is 0 Å². The van der Waals surface area contributed by atoms with Crippen LogP contribution in [0.25, 0.3) is 0 Å². The number of hydrogen-bond donors (Lipinski definition) is 2. The molecule has 2 fully saturated rings. The third-order valence-electron chi connectivity index (χ3n) is 4.65. The van der Waals surface area contributed by atoms with Gasteiger partial charge in [-0.25, -0.2) is 18.0 Å². The second-order valence-electron chi connectivity index (χ2n) is 6.33. The number of rotatable bonds is 3. The Morgan fingerprint density at radius 3 is 2.57 bits per heavy atom. The Labute approximate surface area is 132 Å². The Balaban J connectivity index is 1.50. The number of hydrogen-bond acceptors (Lipinski definition) is 2. The molecule has 1 spiro atoms. The van der Waals surface area contributed by atoms with E-state index in [1.165, 1.54) is 6.42 Å². The molecule has 7 heteroatoms. The lowest BCUT2D eigenvalue weighted by atomic mass is 9.72. The van der Waals surface area contributed by atoms with Gasteiger partial charge in [-0.2, -0.15) is 0 Å². The number of anilines is 1. The first-order valence-corrected chi connectivity index (χ1v) is 7.81. The molecule has 3 rings (SSSR count). The van der Waals surface area contributed by atoms with Crippen molar-refractivity contribution in [3.8, 4) is 0 Å². The number of halogens is 3. The zero-order chi connectivity index (χ0) is 16.4. The molecule has 23 heavy (non-hydrogen) atoms. The quantitative estimate of drug-likeness (QED) is 0.834. The highest BCUT2D eigenvalue weighted by atomic mass is 19.2. The molecule has 1 aromatic carbocycles. The van der Waals surface area contributed by atoms with Crippen LogP contribution in [0.1, 0.15) is 32.1 Å². The standard InChI is InChI=1S/C16H19F3N2O2/c17-12-6-11(7-13(18)14(12)19)21-15(22)20-9-10-2-5-23-16(8-10)3-1-4-16/h6-7,10H,1-5,8-9H2,(H2,20,21,22). The molecule has 0 aromatic heterocycles. The van der Waals surface area contributed by atoms with Crippen LogP contribution in [-0.4, -0.2) is 24.8 Å². The summed E-state index contributed by atoms with van der Waals surface area (Å²) in [6, 6.07) is 0.926. The first-order valence-electron chi connectivity index (χ1n) is 7.81. The van der Waals surface area contributed by atoms with Crippen LogP contribution < -0.4 is 10.6 Å². The number of ether oxygens (including phenoxy) is 1. The van der Waals surface area contributed by atoms with Crippen LogP contribution in [0.15, 0.2) is 12.1 Å². The van der Waals surface area contributed by atoms with Gasteiger partial charge in [-0.3, -0.25) is 0 Å². The van der Waals surface area contributed by atoms with Crippen molar-refractivity contribution < 1.29 is 22.7 Å². The Hall–Kier alpha value is -1.76. The summed E-state index contributed by atoms with van der Waals surface area (Å²) in [7, 11) is 0. The zero-order valence-corrected chi connectivity index (χ0v) is 12.6. The molecule has 1 aliphatic heterocycles. The molecule has 1 aliphatic carbocycles. The Morgan fingerprint density at radius 2 is 1.96 bits per heavy atom. The Morgan fingerprint density at radius 1 is 1.26 bits per heavy atom. The molecule has 2 amide bonds. The summed E-state index contributed by atoms with van der Waals surface area (Å²) < 4.78 is 44.9. The first-order chi connectivity index (χ1) is 11.0. The van der Waals surface area contributed by atoms with Crippen LogP contribution in [0.5, 0.6) is 0 Å². The molecule has 2 N–H and O–H groups in total. The van der Waals surface area contributed by atoms with Gasteiger partial charge < -0.3 is 15.4 Å². The number of carbonyl (C=O) groups excluding carboxylic acids is 1. The molecular weight excluding hydrogens is 309 g/mol. The van der Waals surface area contributed by atoms with Gasteiger partial charge in [0.15, 0.2) is 17.5 Å². The molecule has 1 heterocycles. The number of carbonyl (C=O) groups is 1. The summed E-state index contributed by atoms with van der Waals surface area (Å²) in [4.78, 5) is 11.8. The molecule has 1 atom stereocenters. The summed E-state index contributed by atoms with van der Waals surface area (Å²) in [5.74, 6) is -3.89. The molecule has 2 aliphatic rings. The highest BCUT2D eigenvalue weighted by Gasteiger charge is 2.42. The second kappa shape index (κ2) is 6.39. The van der Waals surface area contributed by atoms with Crippen molar-refractivity contribution >= 4 is 11.7 Å². The average Bonchev–Trinajstić information content (AvgIpc) is 2.49. The van der Waals surface area contributed by atoms with Crippen molar-refractivity contribution in [1.82, 2.24) is 5.32 Å². The Kier molecular flexibility index (Phi) is 4.48. The maximum atomic E-state index is 13.1. The van der Waals surface area contributed by atoms with Gasteiger partial charge in [-0.15, -0.1) is 0 Å².